The van der Waals surface area contributed by atoms with Gasteiger partial charge in [0.25, 0.3) is 0 Å². The number of anilines is 1. The van der Waals surface area contributed by atoms with Crippen LogP contribution in [0.2, 0.25) is 0 Å². The fourth-order valence-corrected chi connectivity index (χ4v) is 3.79. The Morgan fingerprint density at radius 2 is 2.26 bits per heavy atom. The number of hydrogen-bond acceptors (Lipinski definition) is 4. The number of nitrogens with two attached hydrogens (primary N) is 1. The normalized spacial score (nSPS) is 20.8. The van der Waals surface area contributed by atoms with Gasteiger partial charge in [0.15, 0.2) is 0 Å². The van der Waals surface area contributed by atoms with E-state index in [9.17, 15) is 12.8 Å². The zero-order chi connectivity index (χ0) is 14.0. The Morgan fingerprint density at radius 1 is 1.53 bits per heavy atom. The Balaban J connectivity index is 2.21. The first kappa shape index (κ1) is 14.2. The summed E-state index contributed by atoms with van der Waals surface area (Å²) in [6, 6.07) is 3.48. The molecule has 0 radical (unpaired) electrons. The molecular formula is C12H17FN2O3S. The van der Waals surface area contributed by atoms with Crippen LogP contribution in [-0.4, -0.2) is 39.5 Å². The Morgan fingerprint density at radius 3 is 2.89 bits per heavy atom. The molecule has 0 aliphatic carbocycles. The smallest absolute Gasteiger partial charge is 0.243 e. The van der Waals surface area contributed by atoms with E-state index in [-0.39, 0.29) is 16.5 Å². The van der Waals surface area contributed by atoms with E-state index in [4.69, 9.17) is 10.5 Å². The van der Waals surface area contributed by atoms with Crippen LogP contribution < -0.4 is 5.73 Å². The van der Waals surface area contributed by atoms with Gasteiger partial charge in [0, 0.05) is 20.2 Å². The van der Waals surface area contributed by atoms with Crippen LogP contribution in [0.25, 0.3) is 0 Å². The predicted molar refractivity (Wildman–Crippen MR) is 69.6 cm³/mol. The van der Waals surface area contributed by atoms with Gasteiger partial charge in [-0.3, -0.25) is 0 Å². The zero-order valence-corrected chi connectivity index (χ0v) is 11.5. The molecule has 7 heteroatoms. The van der Waals surface area contributed by atoms with Crippen LogP contribution >= 0.6 is 0 Å². The van der Waals surface area contributed by atoms with Crippen molar-refractivity contribution >= 4 is 15.7 Å². The van der Waals surface area contributed by atoms with Gasteiger partial charge in [-0.1, -0.05) is 0 Å². The second-order valence-electron chi connectivity index (χ2n) is 4.66. The van der Waals surface area contributed by atoms with Crippen molar-refractivity contribution in [2.45, 2.75) is 11.3 Å². The number of hydrogen-bond donors (Lipinski definition) is 1. The van der Waals surface area contributed by atoms with E-state index < -0.39 is 15.8 Å². The van der Waals surface area contributed by atoms with E-state index in [2.05, 4.69) is 0 Å². The molecule has 106 valence electrons. The van der Waals surface area contributed by atoms with Gasteiger partial charge in [-0.25, -0.2) is 12.8 Å². The molecule has 19 heavy (non-hydrogen) atoms. The van der Waals surface area contributed by atoms with Crippen LogP contribution in [-0.2, 0) is 14.8 Å². The highest BCUT2D eigenvalue weighted by Crippen LogP contribution is 2.26. The van der Waals surface area contributed by atoms with Gasteiger partial charge in [0.05, 0.1) is 17.2 Å². The highest BCUT2D eigenvalue weighted by molar-refractivity contribution is 7.89. The molecule has 1 aliphatic heterocycles. The molecule has 0 spiro atoms. The largest absolute Gasteiger partial charge is 0.396 e. The number of nitrogen functional groups attached to an aromatic ring is 1. The van der Waals surface area contributed by atoms with E-state index in [1.54, 1.807) is 7.11 Å². The van der Waals surface area contributed by atoms with E-state index >= 15 is 0 Å². The highest BCUT2D eigenvalue weighted by atomic mass is 32.2. The monoisotopic (exact) mass is 288 g/mol. The number of benzene rings is 1. The lowest BCUT2D eigenvalue weighted by Gasteiger charge is -2.17. The standard InChI is InChI=1S/C12H17FN2O3S/c1-18-8-9-4-5-15(7-9)19(16,17)10-2-3-11(13)12(14)6-10/h2-3,6,9H,4-5,7-8,14H2,1H3. The van der Waals surface area contributed by atoms with Gasteiger partial charge < -0.3 is 10.5 Å². The van der Waals surface area contributed by atoms with Crippen molar-refractivity contribution in [3.05, 3.63) is 24.0 Å². The van der Waals surface area contributed by atoms with Crippen molar-refractivity contribution in [1.29, 1.82) is 0 Å². The fraction of sp³-hybridized carbons (Fsp3) is 0.500. The van der Waals surface area contributed by atoms with E-state index in [1.807, 2.05) is 0 Å². The molecule has 1 atom stereocenters. The molecule has 0 aromatic heterocycles. The average molecular weight is 288 g/mol. The molecule has 1 aliphatic rings. The minimum absolute atomic E-state index is 0.0319. The third-order valence-electron chi connectivity index (χ3n) is 3.26. The lowest BCUT2D eigenvalue weighted by Crippen LogP contribution is -2.29. The Kier molecular flexibility index (Phi) is 4.07. The molecule has 0 bridgehead atoms. The molecule has 5 nitrogen and oxygen atoms in total. The minimum atomic E-state index is -3.60. The summed E-state index contributed by atoms with van der Waals surface area (Å²) >= 11 is 0. The maximum absolute atomic E-state index is 13.1. The Hall–Kier alpha value is -1.18. The van der Waals surface area contributed by atoms with Crippen LogP contribution in [0.15, 0.2) is 23.1 Å². The first-order valence-electron chi connectivity index (χ1n) is 5.99. The molecule has 1 saturated heterocycles. The molecular weight excluding hydrogens is 271 g/mol. The summed E-state index contributed by atoms with van der Waals surface area (Å²) in [7, 11) is -2.00. The average Bonchev–Trinajstić information content (AvgIpc) is 2.82. The van der Waals surface area contributed by atoms with Gasteiger partial charge in [0.2, 0.25) is 10.0 Å². The first-order valence-corrected chi connectivity index (χ1v) is 7.43. The van der Waals surface area contributed by atoms with Crippen molar-refractivity contribution in [3.63, 3.8) is 0 Å². The zero-order valence-electron chi connectivity index (χ0n) is 10.7. The maximum Gasteiger partial charge on any atom is 0.243 e. The fourth-order valence-electron chi connectivity index (χ4n) is 2.22. The summed E-state index contributed by atoms with van der Waals surface area (Å²) < 4.78 is 44.2. The molecule has 1 fully saturated rings. The Bertz CT molecular complexity index is 562. The minimum Gasteiger partial charge on any atom is -0.396 e. The molecule has 2 rings (SSSR count). The van der Waals surface area contributed by atoms with Crippen LogP contribution in [0.3, 0.4) is 0 Å². The number of halogens is 1. The second kappa shape index (κ2) is 5.44. The number of methoxy groups -OCH3 is 1. The molecule has 2 N–H and O–H groups in total. The van der Waals surface area contributed by atoms with E-state index in [1.165, 1.54) is 10.4 Å². The van der Waals surface area contributed by atoms with Crippen molar-refractivity contribution < 1.29 is 17.5 Å². The van der Waals surface area contributed by atoms with Gasteiger partial charge in [-0.05, 0) is 30.5 Å². The maximum atomic E-state index is 13.1. The molecule has 0 amide bonds. The van der Waals surface area contributed by atoms with Crippen molar-refractivity contribution in [2.24, 2.45) is 5.92 Å². The summed E-state index contributed by atoms with van der Waals surface area (Å²) in [6.07, 6.45) is 0.768. The lowest BCUT2D eigenvalue weighted by atomic mass is 10.1. The van der Waals surface area contributed by atoms with Crippen molar-refractivity contribution in [1.82, 2.24) is 4.31 Å². The van der Waals surface area contributed by atoms with Crippen LogP contribution in [0.1, 0.15) is 6.42 Å². The van der Waals surface area contributed by atoms with Gasteiger partial charge in [-0.15, -0.1) is 0 Å². The molecule has 0 saturated carbocycles. The number of ether oxygens (including phenoxy) is 1. The van der Waals surface area contributed by atoms with Gasteiger partial charge in [0.1, 0.15) is 5.82 Å². The third kappa shape index (κ3) is 2.88. The topological polar surface area (TPSA) is 72.6 Å². The van der Waals surface area contributed by atoms with Crippen LogP contribution in [0, 0.1) is 11.7 Å². The molecule has 1 heterocycles. The van der Waals surface area contributed by atoms with Crippen molar-refractivity contribution in [3.8, 4) is 0 Å². The molecule has 1 aromatic carbocycles. The molecule has 1 unspecified atom stereocenters. The SMILES string of the molecule is COCC1CCN(S(=O)(=O)c2ccc(F)c(N)c2)C1. The molecule has 1 aromatic rings. The summed E-state index contributed by atoms with van der Waals surface area (Å²) in [5.74, 6) is -0.407. The lowest BCUT2D eigenvalue weighted by molar-refractivity contribution is 0.157. The summed E-state index contributed by atoms with van der Waals surface area (Å²) in [5, 5.41) is 0. The number of rotatable bonds is 4. The van der Waals surface area contributed by atoms with E-state index in [0.717, 1.165) is 18.6 Å². The van der Waals surface area contributed by atoms with Crippen LogP contribution in [0.4, 0.5) is 10.1 Å². The number of nitrogens with zero attached hydrogens (tertiary/aromatic N) is 1. The highest BCUT2D eigenvalue weighted by Gasteiger charge is 2.32. The third-order valence-corrected chi connectivity index (χ3v) is 5.12. The second-order valence-corrected chi connectivity index (χ2v) is 6.59. The summed E-state index contributed by atoms with van der Waals surface area (Å²) in [6.45, 7) is 1.42. The summed E-state index contributed by atoms with van der Waals surface area (Å²) in [5.41, 5.74) is 5.25. The van der Waals surface area contributed by atoms with Crippen LogP contribution in [0.5, 0.6) is 0 Å². The Labute approximate surface area is 112 Å². The van der Waals surface area contributed by atoms with E-state index in [0.29, 0.717) is 19.7 Å². The van der Waals surface area contributed by atoms with Gasteiger partial charge in [-0.2, -0.15) is 4.31 Å². The van der Waals surface area contributed by atoms with Gasteiger partial charge >= 0.3 is 0 Å². The summed E-state index contributed by atoms with van der Waals surface area (Å²) in [4.78, 5) is 0.0319. The quantitative estimate of drug-likeness (QED) is 0.841. The first-order chi connectivity index (χ1) is 8.95. The number of sulfonamides is 1. The predicted octanol–water partition coefficient (Wildman–Crippen LogP) is 1.06. The van der Waals surface area contributed by atoms with Crippen molar-refractivity contribution in [2.75, 3.05) is 32.5 Å².